The molecule has 0 fully saturated rings. The van der Waals surface area contributed by atoms with Gasteiger partial charge in [-0.3, -0.25) is 0 Å². The van der Waals surface area contributed by atoms with Crippen molar-refractivity contribution in [2.75, 3.05) is 5.73 Å². The predicted molar refractivity (Wildman–Crippen MR) is 85.3 cm³/mol. The number of nitrogens with two attached hydrogens (primary N) is 1. The molecule has 3 rings (SSSR count). The highest BCUT2D eigenvalue weighted by atomic mass is 35.5. The molecule has 0 aliphatic carbocycles. The number of pyridine rings is 1. The average Bonchev–Trinajstić information content (AvgIpc) is 2.90. The Morgan fingerprint density at radius 1 is 1.23 bits per heavy atom. The Hall–Kier alpha value is -2.02. The lowest BCUT2D eigenvalue weighted by atomic mass is 10.2. The van der Waals surface area contributed by atoms with Crippen molar-refractivity contribution >= 4 is 57.4 Å². The third-order valence-corrected chi connectivity index (χ3v) is 4.10. The van der Waals surface area contributed by atoms with Crippen LogP contribution in [0.3, 0.4) is 0 Å². The summed E-state index contributed by atoms with van der Waals surface area (Å²) in [5, 5.41) is 14.4. The first-order chi connectivity index (χ1) is 10.4. The molecule has 0 spiro atoms. The molecule has 2 heterocycles. The van der Waals surface area contributed by atoms with Gasteiger partial charge in [0.05, 0.1) is 21.2 Å². The monoisotopic (exact) mass is 356 g/mol. The Labute approximate surface area is 139 Å². The first kappa shape index (κ1) is 14.9. The van der Waals surface area contributed by atoms with Crippen molar-refractivity contribution in [3.05, 3.63) is 45.2 Å². The summed E-state index contributed by atoms with van der Waals surface area (Å²) in [5.74, 6) is -1.25. The van der Waals surface area contributed by atoms with Gasteiger partial charge in [-0.25, -0.2) is 14.5 Å². The second-order valence-electron chi connectivity index (χ2n) is 4.38. The highest BCUT2D eigenvalue weighted by molar-refractivity contribution is 6.41. The van der Waals surface area contributed by atoms with E-state index in [-0.39, 0.29) is 21.6 Å². The minimum atomic E-state index is -1.32. The number of benzene rings is 1. The van der Waals surface area contributed by atoms with Crippen LogP contribution in [0.1, 0.15) is 10.5 Å². The maximum absolute atomic E-state index is 11.2. The summed E-state index contributed by atoms with van der Waals surface area (Å²) < 4.78 is 1.32. The summed E-state index contributed by atoms with van der Waals surface area (Å²) >= 11 is 18.1. The summed E-state index contributed by atoms with van der Waals surface area (Å²) in [5.41, 5.74) is 5.88. The van der Waals surface area contributed by atoms with Gasteiger partial charge in [-0.05, 0) is 12.1 Å². The van der Waals surface area contributed by atoms with Crippen LogP contribution in [-0.4, -0.2) is 25.8 Å². The summed E-state index contributed by atoms with van der Waals surface area (Å²) in [4.78, 5) is 15.1. The van der Waals surface area contributed by atoms with Gasteiger partial charge in [-0.1, -0.05) is 40.9 Å². The molecule has 0 saturated heterocycles. The van der Waals surface area contributed by atoms with Crippen LogP contribution in [0.4, 0.5) is 5.69 Å². The molecular weight excluding hydrogens is 351 g/mol. The Morgan fingerprint density at radius 2 is 1.95 bits per heavy atom. The van der Waals surface area contributed by atoms with Gasteiger partial charge < -0.3 is 10.8 Å². The van der Waals surface area contributed by atoms with Gasteiger partial charge in [0.15, 0.2) is 11.5 Å². The number of nitrogen functional groups attached to an aromatic ring is 1. The summed E-state index contributed by atoms with van der Waals surface area (Å²) in [7, 11) is 0. The minimum Gasteiger partial charge on any atom is -0.476 e. The highest BCUT2D eigenvalue weighted by Crippen LogP contribution is 2.34. The largest absolute Gasteiger partial charge is 0.476 e. The summed E-state index contributed by atoms with van der Waals surface area (Å²) in [6, 6.07) is 5.21. The number of hydrogen-bond acceptors (Lipinski definition) is 4. The molecule has 3 aromatic rings. The van der Waals surface area contributed by atoms with Gasteiger partial charge >= 0.3 is 5.97 Å². The van der Waals surface area contributed by atoms with Crippen LogP contribution in [0.25, 0.3) is 16.7 Å². The molecule has 0 saturated carbocycles. The first-order valence-electron chi connectivity index (χ1n) is 5.92. The summed E-state index contributed by atoms with van der Waals surface area (Å²) in [6.45, 7) is 0. The molecule has 0 amide bonds. The van der Waals surface area contributed by atoms with Gasteiger partial charge in [-0.2, -0.15) is 5.10 Å². The van der Waals surface area contributed by atoms with E-state index in [2.05, 4.69) is 10.1 Å². The van der Waals surface area contributed by atoms with E-state index in [9.17, 15) is 4.79 Å². The Morgan fingerprint density at radius 3 is 2.59 bits per heavy atom. The number of nitrogens with zero attached hydrogens (tertiary/aromatic N) is 3. The van der Waals surface area contributed by atoms with Gasteiger partial charge in [0.1, 0.15) is 5.02 Å². The Balaban J connectivity index is 2.30. The van der Waals surface area contributed by atoms with Gasteiger partial charge in [-0.15, -0.1) is 0 Å². The molecule has 6 nitrogen and oxygen atoms in total. The van der Waals surface area contributed by atoms with E-state index in [4.69, 9.17) is 45.6 Å². The molecule has 3 N–H and O–H groups in total. The molecule has 1 aromatic carbocycles. The fourth-order valence-corrected chi connectivity index (χ4v) is 2.67. The van der Waals surface area contributed by atoms with Gasteiger partial charge in [0.25, 0.3) is 0 Å². The number of hydrogen-bond donors (Lipinski definition) is 2. The lowest BCUT2D eigenvalue weighted by Crippen LogP contribution is -2.10. The molecule has 112 valence electrons. The van der Waals surface area contributed by atoms with Crippen LogP contribution < -0.4 is 5.73 Å². The van der Waals surface area contributed by atoms with E-state index in [1.807, 2.05) is 0 Å². The number of carboxylic acid groups (broad SMARTS) is 1. The first-order valence-corrected chi connectivity index (χ1v) is 7.05. The number of fused-ring (bicyclic) bond motifs is 1. The predicted octanol–water partition coefficient (Wildman–Crippen LogP) is 3.66. The second kappa shape index (κ2) is 5.31. The zero-order chi connectivity index (χ0) is 16.0. The van der Waals surface area contributed by atoms with Crippen molar-refractivity contribution in [3.63, 3.8) is 0 Å². The van der Waals surface area contributed by atoms with Crippen molar-refractivity contribution in [2.24, 2.45) is 0 Å². The van der Waals surface area contributed by atoms with Gasteiger partial charge in [0, 0.05) is 11.6 Å². The van der Waals surface area contributed by atoms with Crippen LogP contribution in [0, 0.1) is 0 Å². The normalized spacial score (nSPS) is 11.0. The topological polar surface area (TPSA) is 94.0 Å². The number of aromatic carboxylic acids is 1. The van der Waals surface area contributed by atoms with Crippen LogP contribution in [0.2, 0.25) is 15.1 Å². The Bertz CT molecular complexity index is 923. The fourth-order valence-electron chi connectivity index (χ4n) is 1.96. The van der Waals surface area contributed by atoms with E-state index in [1.165, 1.54) is 4.68 Å². The number of anilines is 1. The van der Waals surface area contributed by atoms with Crippen LogP contribution >= 0.6 is 34.8 Å². The molecule has 22 heavy (non-hydrogen) atoms. The van der Waals surface area contributed by atoms with E-state index >= 15 is 0 Å². The second-order valence-corrected chi connectivity index (χ2v) is 5.54. The molecule has 0 aliphatic rings. The number of carboxylic acids is 1. The third-order valence-electron chi connectivity index (χ3n) is 3.01. The van der Waals surface area contributed by atoms with Crippen LogP contribution in [0.15, 0.2) is 24.4 Å². The zero-order valence-corrected chi connectivity index (χ0v) is 13.0. The lowest BCUT2D eigenvalue weighted by Gasteiger charge is -2.09. The van der Waals surface area contributed by atoms with Crippen molar-refractivity contribution < 1.29 is 9.90 Å². The Kier molecular flexibility index (Phi) is 3.60. The zero-order valence-electron chi connectivity index (χ0n) is 10.7. The molecule has 2 aromatic heterocycles. The third kappa shape index (κ3) is 2.25. The van der Waals surface area contributed by atoms with Crippen molar-refractivity contribution in [3.8, 4) is 5.82 Å². The van der Waals surface area contributed by atoms with Crippen molar-refractivity contribution in [1.82, 2.24) is 14.8 Å². The lowest BCUT2D eigenvalue weighted by molar-refractivity contribution is 0.0690. The van der Waals surface area contributed by atoms with E-state index in [1.54, 1.807) is 24.4 Å². The van der Waals surface area contributed by atoms with Gasteiger partial charge in [0.2, 0.25) is 0 Å². The van der Waals surface area contributed by atoms with Crippen molar-refractivity contribution in [1.29, 1.82) is 0 Å². The molecule has 9 heteroatoms. The quantitative estimate of drug-likeness (QED) is 0.730. The smallest absolute Gasteiger partial charge is 0.356 e. The molecule has 0 unspecified atom stereocenters. The fraction of sp³-hybridized carbons (Fsp3) is 0. The molecule has 0 atom stereocenters. The SMILES string of the molecule is Nc1c(Cl)c(C(=O)O)nc(-n2cc3c(Cl)cccc3n2)c1Cl. The van der Waals surface area contributed by atoms with Crippen LogP contribution in [0.5, 0.6) is 0 Å². The highest BCUT2D eigenvalue weighted by Gasteiger charge is 2.21. The summed E-state index contributed by atoms with van der Waals surface area (Å²) in [6.07, 6.45) is 1.59. The number of halogens is 3. The molecular formula is C13H7Cl3N4O2. The molecule has 0 aliphatic heterocycles. The van der Waals surface area contributed by atoms with E-state index in [0.29, 0.717) is 15.9 Å². The average molecular weight is 358 g/mol. The molecule has 0 bridgehead atoms. The van der Waals surface area contributed by atoms with E-state index in [0.717, 1.165) is 0 Å². The van der Waals surface area contributed by atoms with Crippen molar-refractivity contribution in [2.45, 2.75) is 0 Å². The van der Waals surface area contributed by atoms with E-state index < -0.39 is 11.7 Å². The number of aromatic nitrogens is 3. The molecule has 0 radical (unpaired) electrons. The maximum atomic E-state index is 11.2. The number of rotatable bonds is 2. The standard InChI is InChI=1S/C13H7Cl3N4O2/c14-6-2-1-3-7-5(6)4-20(19-7)12-9(16)10(17)8(15)11(18-12)13(21)22/h1-4H,(H2,17,18)(H,21,22). The minimum absolute atomic E-state index is 0.0129. The van der Waals surface area contributed by atoms with Crippen LogP contribution in [-0.2, 0) is 0 Å². The maximum Gasteiger partial charge on any atom is 0.356 e. The number of carbonyl (C=O) groups is 1.